The molecule has 0 aliphatic rings. The molecule has 0 saturated carbocycles. The summed E-state index contributed by atoms with van der Waals surface area (Å²) in [5, 5.41) is 0.696. The van der Waals surface area contributed by atoms with E-state index in [1.165, 1.54) is 0 Å². The topological polar surface area (TPSA) is 35.2 Å². The molecular weight excluding hydrogens is 338 g/mol. The van der Waals surface area contributed by atoms with E-state index in [-0.39, 0.29) is 6.04 Å². The van der Waals surface area contributed by atoms with Crippen molar-refractivity contribution in [3.05, 3.63) is 57.5 Å². The van der Waals surface area contributed by atoms with E-state index >= 15 is 0 Å². The van der Waals surface area contributed by atoms with Crippen molar-refractivity contribution in [1.29, 1.82) is 0 Å². The van der Waals surface area contributed by atoms with Crippen molar-refractivity contribution in [2.75, 3.05) is 0 Å². The highest BCUT2D eigenvalue weighted by molar-refractivity contribution is 9.10. The van der Waals surface area contributed by atoms with Gasteiger partial charge < -0.3 is 10.5 Å². The molecule has 0 radical (unpaired) electrons. The number of benzene rings is 2. The Balaban J connectivity index is 2.23. The van der Waals surface area contributed by atoms with Crippen molar-refractivity contribution >= 4 is 27.5 Å². The molecule has 2 rings (SSSR count). The van der Waals surface area contributed by atoms with Crippen LogP contribution in [0, 0.1) is 0 Å². The molecule has 2 nitrogen and oxygen atoms in total. The van der Waals surface area contributed by atoms with E-state index in [9.17, 15) is 0 Å². The Hall–Kier alpha value is -1.03. The molecule has 2 aromatic carbocycles. The maximum Gasteiger partial charge on any atom is 0.130 e. The smallest absolute Gasteiger partial charge is 0.130 e. The summed E-state index contributed by atoms with van der Waals surface area (Å²) >= 11 is 9.37. The summed E-state index contributed by atoms with van der Waals surface area (Å²) < 4.78 is 6.96. The molecule has 2 aromatic rings. The van der Waals surface area contributed by atoms with Crippen molar-refractivity contribution in [2.24, 2.45) is 5.73 Å². The van der Waals surface area contributed by atoms with Crippen LogP contribution in [0.15, 0.2) is 46.9 Å². The molecule has 0 aliphatic carbocycles. The third-order valence-corrected chi connectivity index (χ3v) is 3.82. The lowest BCUT2D eigenvalue weighted by Crippen LogP contribution is -2.21. The molecule has 0 bridgehead atoms. The van der Waals surface area contributed by atoms with E-state index in [1.54, 1.807) is 0 Å². The third-order valence-electron chi connectivity index (χ3n) is 3.07. The normalized spacial score (nSPS) is 12.2. The highest BCUT2D eigenvalue weighted by Crippen LogP contribution is 2.29. The first-order valence-electron chi connectivity index (χ1n) is 6.56. The minimum atomic E-state index is 0.136. The van der Waals surface area contributed by atoms with Crippen LogP contribution >= 0.6 is 27.5 Å². The van der Waals surface area contributed by atoms with Crippen LogP contribution in [0.25, 0.3) is 0 Å². The largest absolute Gasteiger partial charge is 0.457 e. The average Bonchev–Trinajstić information content (AvgIpc) is 2.44. The van der Waals surface area contributed by atoms with Gasteiger partial charge in [-0.1, -0.05) is 34.5 Å². The zero-order valence-electron chi connectivity index (χ0n) is 11.3. The molecule has 0 saturated heterocycles. The summed E-state index contributed by atoms with van der Waals surface area (Å²) in [4.78, 5) is 0. The van der Waals surface area contributed by atoms with Crippen LogP contribution in [0.2, 0.25) is 5.02 Å². The van der Waals surface area contributed by atoms with Crippen molar-refractivity contribution in [3.63, 3.8) is 0 Å². The van der Waals surface area contributed by atoms with Crippen LogP contribution in [-0.4, -0.2) is 6.04 Å². The average molecular weight is 355 g/mol. The number of halogens is 2. The molecule has 1 unspecified atom stereocenters. The Bertz CT molecular complexity index is 571. The van der Waals surface area contributed by atoms with Crippen LogP contribution in [-0.2, 0) is 6.42 Å². The molecule has 1 atom stereocenters. The van der Waals surface area contributed by atoms with Crippen LogP contribution in [0.4, 0.5) is 0 Å². The maximum absolute atomic E-state index is 6.05. The molecule has 2 N–H and O–H groups in total. The zero-order valence-corrected chi connectivity index (χ0v) is 13.6. The van der Waals surface area contributed by atoms with Gasteiger partial charge in [0.05, 0.1) is 0 Å². The first-order valence-corrected chi connectivity index (χ1v) is 7.73. The van der Waals surface area contributed by atoms with Crippen molar-refractivity contribution in [3.8, 4) is 11.5 Å². The Morgan fingerprint density at radius 2 is 1.90 bits per heavy atom. The van der Waals surface area contributed by atoms with Crippen molar-refractivity contribution in [2.45, 2.75) is 25.8 Å². The van der Waals surface area contributed by atoms with E-state index in [4.69, 9.17) is 22.1 Å². The number of ether oxygens (including phenoxy) is 1. The first kappa shape index (κ1) is 15.4. The van der Waals surface area contributed by atoms with Gasteiger partial charge in [0.15, 0.2) is 0 Å². The second kappa shape index (κ2) is 7.11. The Morgan fingerprint density at radius 3 is 2.55 bits per heavy atom. The summed E-state index contributed by atoms with van der Waals surface area (Å²) in [6.45, 7) is 2.09. The molecule has 0 amide bonds. The molecule has 0 heterocycles. The van der Waals surface area contributed by atoms with Gasteiger partial charge in [-0.05, 0) is 60.9 Å². The zero-order chi connectivity index (χ0) is 14.5. The Morgan fingerprint density at radius 1 is 1.20 bits per heavy atom. The molecular formula is C16H17BrClNO. The molecule has 0 spiro atoms. The van der Waals surface area contributed by atoms with E-state index in [0.29, 0.717) is 5.02 Å². The summed E-state index contributed by atoms with van der Waals surface area (Å²) in [6.07, 6.45) is 1.73. The molecule has 0 fully saturated rings. The summed E-state index contributed by atoms with van der Waals surface area (Å²) in [7, 11) is 0. The van der Waals surface area contributed by atoms with E-state index in [2.05, 4.69) is 28.9 Å². The lowest BCUT2D eigenvalue weighted by Gasteiger charge is -2.14. The minimum Gasteiger partial charge on any atom is -0.457 e. The second-order valence-corrected chi connectivity index (χ2v) is 6.03. The van der Waals surface area contributed by atoms with Gasteiger partial charge in [-0.2, -0.15) is 0 Å². The van der Waals surface area contributed by atoms with Crippen LogP contribution in [0.3, 0.4) is 0 Å². The van der Waals surface area contributed by atoms with Gasteiger partial charge in [-0.25, -0.2) is 0 Å². The van der Waals surface area contributed by atoms with Gasteiger partial charge in [0.25, 0.3) is 0 Å². The highest BCUT2D eigenvalue weighted by Gasteiger charge is 2.09. The fourth-order valence-electron chi connectivity index (χ4n) is 1.86. The standard InChI is InChI=1S/C16H17BrClNO/c1-2-14(19)10-11-9-12(17)3-8-16(11)20-15-6-4-13(18)5-7-15/h3-9,14H,2,10,19H2,1H3. The molecule has 0 aliphatic heterocycles. The lowest BCUT2D eigenvalue weighted by molar-refractivity contribution is 0.472. The number of hydrogen-bond donors (Lipinski definition) is 1. The Labute approximate surface area is 133 Å². The van der Waals surface area contributed by atoms with E-state index in [0.717, 1.165) is 34.4 Å². The molecule has 4 heteroatoms. The monoisotopic (exact) mass is 353 g/mol. The fraction of sp³-hybridized carbons (Fsp3) is 0.250. The number of hydrogen-bond acceptors (Lipinski definition) is 2. The van der Waals surface area contributed by atoms with E-state index in [1.807, 2.05) is 36.4 Å². The summed E-state index contributed by atoms with van der Waals surface area (Å²) in [5.74, 6) is 1.60. The summed E-state index contributed by atoms with van der Waals surface area (Å²) in [6, 6.07) is 13.4. The third kappa shape index (κ3) is 4.23. The Kier molecular flexibility index (Phi) is 5.46. The SMILES string of the molecule is CCC(N)Cc1cc(Br)ccc1Oc1ccc(Cl)cc1. The van der Waals surface area contributed by atoms with Crippen LogP contribution in [0.5, 0.6) is 11.5 Å². The summed E-state index contributed by atoms with van der Waals surface area (Å²) in [5.41, 5.74) is 7.15. The molecule has 0 aromatic heterocycles. The quantitative estimate of drug-likeness (QED) is 0.803. The number of nitrogens with two attached hydrogens (primary N) is 1. The van der Waals surface area contributed by atoms with Gasteiger partial charge in [-0.3, -0.25) is 0 Å². The minimum absolute atomic E-state index is 0.136. The fourth-order valence-corrected chi connectivity index (χ4v) is 2.40. The van der Waals surface area contributed by atoms with Crippen molar-refractivity contribution in [1.82, 2.24) is 0 Å². The first-order chi connectivity index (χ1) is 9.58. The van der Waals surface area contributed by atoms with Gasteiger partial charge in [0.1, 0.15) is 11.5 Å². The number of rotatable bonds is 5. The van der Waals surface area contributed by atoms with Gasteiger partial charge in [0.2, 0.25) is 0 Å². The lowest BCUT2D eigenvalue weighted by atomic mass is 10.0. The predicted octanol–water partition coefficient (Wildman–Crippen LogP) is 5.17. The second-order valence-electron chi connectivity index (χ2n) is 4.68. The van der Waals surface area contributed by atoms with E-state index < -0.39 is 0 Å². The maximum atomic E-state index is 6.05. The highest BCUT2D eigenvalue weighted by atomic mass is 79.9. The van der Waals surface area contributed by atoms with Crippen molar-refractivity contribution < 1.29 is 4.74 Å². The molecule has 20 heavy (non-hydrogen) atoms. The predicted molar refractivity (Wildman–Crippen MR) is 87.6 cm³/mol. The van der Waals surface area contributed by atoms with Gasteiger partial charge in [-0.15, -0.1) is 0 Å². The van der Waals surface area contributed by atoms with Gasteiger partial charge in [0, 0.05) is 15.5 Å². The van der Waals surface area contributed by atoms with Gasteiger partial charge >= 0.3 is 0 Å². The van der Waals surface area contributed by atoms with Crippen LogP contribution in [0.1, 0.15) is 18.9 Å². The molecule has 106 valence electrons. The van der Waals surface area contributed by atoms with Crippen LogP contribution < -0.4 is 10.5 Å².